The third-order valence-corrected chi connectivity index (χ3v) is 11.1. The minimum absolute atomic E-state index is 0.574. The lowest BCUT2D eigenvalue weighted by atomic mass is 9.79. The highest BCUT2D eigenvalue weighted by molar-refractivity contribution is 6.07. The van der Waals surface area contributed by atoms with Crippen LogP contribution in [0.4, 0.5) is 0 Å². The topological polar surface area (TPSA) is 51.8 Å². The summed E-state index contributed by atoms with van der Waals surface area (Å²) in [6.07, 6.45) is 7.91. The quantitative estimate of drug-likeness (QED) is 0.129. The molecule has 0 unspecified atom stereocenters. The highest BCUT2D eigenvalue weighted by Crippen LogP contribution is 2.50. The standard InChI is InChI=1S/C58H41N3O/c1-2-3-9-30-49-37-47-35-36-48(38-52(47)62-49)58-60-56(45-28-18-8-19-29-45)59-57(61-58)46-33-31-41(32-34-46)51-39-50(40-20-10-4-11-21-40)53(42-22-12-5-13-23-42)55(44-26-16-7-17-27-44)54(51)43-24-14-6-15-25-43/h2-39H,1H3/b3-2-,30-9-. The summed E-state index contributed by atoms with van der Waals surface area (Å²) in [6, 6.07) is 72.3. The summed E-state index contributed by atoms with van der Waals surface area (Å²) < 4.78 is 6.22. The lowest BCUT2D eigenvalue weighted by molar-refractivity contribution is 0.604. The van der Waals surface area contributed by atoms with Gasteiger partial charge in [0, 0.05) is 22.1 Å². The van der Waals surface area contributed by atoms with Crippen LogP contribution in [0, 0.1) is 0 Å². The lowest BCUT2D eigenvalue weighted by Crippen LogP contribution is -2.00. The van der Waals surface area contributed by atoms with E-state index in [0.717, 1.165) is 66.8 Å². The predicted octanol–water partition coefficient (Wildman–Crippen LogP) is 15.5. The van der Waals surface area contributed by atoms with E-state index in [9.17, 15) is 0 Å². The van der Waals surface area contributed by atoms with Crippen LogP contribution in [-0.2, 0) is 0 Å². The first kappa shape index (κ1) is 38.0. The van der Waals surface area contributed by atoms with Crippen LogP contribution in [0.3, 0.4) is 0 Å². The van der Waals surface area contributed by atoms with Crippen molar-refractivity contribution in [1.82, 2.24) is 15.0 Å². The molecule has 8 aromatic carbocycles. The molecule has 62 heavy (non-hydrogen) atoms. The highest BCUT2D eigenvalue weighted by Gasteiger charge is 2.24. The molecule has 0 bridgehead atoms. The zero-order valence-corrected chi connectivity index (χ0v) is 34.2. The van der Waals surface area contributed by atoms with Crippen molar-refractivity contribution in [2.75, 3.05) is 0 Å². The SMILES string of the molecule is C/C=C\C=C/c1cc2ccc(-c3nc(-c4ccccc4)nc(-c4ccc(-c5cc(-c6ccccc6)c(-c6ccccc6)c(-c6ccccc6)c5-c5ccccc5)cc4)n3)cc2o1. The number of furan rings is 1. The second-order valence-corrected chi connectivity index (χ2v) is 15.1. The third kappa shape index (κ3) is 7.69. The minimum Gasteiger partial charge on any atom is -0.457 e. The Kier molecular flexibility index (Phi) is 10.5. The second kappa shape index (κ2) is 17.2. The van der Waals surface area contributed by atoms with Gasteiger partial charge in [-0.3, -0.25) is 0 Å². The van der Waals surface area contributed by atoms with Crippen molar-refractivity contribution < 1.29 is 4.42 Å². The Morgan fingerprint density at radius 3 is 1.27 bits per heavy atom. The van der Waals surface area contributed by atoms with Gasteiger partial charge in [-0.1, -0.05) is 206 Å². The number of rotatable bonds is 10. The van der Waals surface area contributed by atoms with Gasteiger partial charge in [0.1, 0.15) is 11.3 Å². The largest absolute Gasteiger partial charge is 0.457 e. The monoisotopic (exact) mass is 795 g/mol. The Balaban J connectivity index is 1.15. The second-order valence-electron chi connectivity index (χ2n) is 15.1. The molecule has 4 nitrogen and oxygen atoms in total. The van der Waals surface area contributed by atoms with Crippen molar-refractivity contribution in [3.05, 3.63) is 230 Å². The van der Waals surface area contributed by atoms with Crippen molar-refractivity contribution in [2.45, 2.75) is 6.92 Å². The van der Waals surface area contributed by atoms with Gasteiger partial charge in [0.2, 0.25) is 0 Å². The summed E-state index contributed by atoms with van der Waals surface area (Å²) in [4.78, 5) is 15.2. The molecular formula is C58H41N3O. The Hall–Kier alpha value is -8.21. The Bertz CT molecular complexity index is 3190. The molecular weight excluding hydrogens is 755 g/mol. The van der Waals surface area contributed by atoms with Gasteiger partial charge in [-0.05, 0) is 86.8 Å². The first-order valence-corrected chi connectivity index (χ1v) is 20.9. The molecule has 0 saturated carbocycles. The fraction of sp³-hybridized carbons (Fsp3) is 0.0172. The molecule has 0 amide bonds. The van der Waals surface area contributed by atoms with E-state index in [-0.39, 0.29) is 0 Å². The van der Waals surface area contributed by atoms with Gasteiger partial charge < -0.3 is 4.42 Å². The van der Waals surface area contributed by atoms with E-state index in [4.69, 9.17) is 19.4 Å². The van der Waals surface area contributed by atoms with E-state index in [1.165, 1.54) is 22.3 Å². The van der Waals surface area contributed by atoms with E-state index in [1.807, 2.05) is 79.8 Å². The van der Waals surface area contributed by atoms with Crippen LogP contribution < -0.4 is 0 Å². The van der Waals surface area contributed by atoms with Gasteiger partial charge in [0.15, 0.2) is 17.5 Å². The van der Waals surface area contributed by atoms with Crippen LogP contribution in [0.2, 0.25) is 0 Å². The minimum atomic E-state index is 0.574. The van der Waals surface area contributed by atoms with Crippen LogP contribution in [0.1, 0.15) is 12.7 Å². The molecule has 0 radical (unpaired) electrons. The van der Waals surface area contributed by atoms with Crippen LogP contribution >= 0.6 is 0 Å². The molecule has 0 N–H and O–H groups in total. The third-order valence-electron chi connectivity index (χ3n) is 11.1. The van der Waals surface area contributed by atoms with Crippen molar-refractivity contribution in [2.24, 2.45) is 0 Å². The zero-order chi connectivity index (χ0) is 41.7. The van der Waals surface area contributed by atoms with E-state index in [1.54, 1.807) is 0 Å². The maximum absolute atomic E-state index is 6.22. The number of aromatic nitrogens is 3. The van der Waals surface area contributed by atoms with Crippen molar-refractivity contribution in [3.63, 3.8) is 0 Å². The van der Waals surface area contributed by atoms with Crippen molar-refractivity contribution >= 4 is 17.0 Å². The number of hydrogen-bond acceptors (Lipinski definition) is 4. The van der Waals surface area contributed by atoms with Gasteiger partial charge in [-0.25, -0.2) is 15.0 Å². The molecule has 10 rings (SSSR count). The number of hydrogen-bond donors (Lipinski definition) is 0. The van der Waals surface area contributed by atoms with Crippen molar-refractivity contribution in [1.29, 1.82) is 0 Å². The average Bonchev–Trinajstić information content (AvgIpc) is 3.77. The zero-order valence-electron chi connectivity index (χ0n) is 34.2. The summed E-state index contributed by atoms with van der Waals surface area (Å²) in [5.41, 5.74) is 15.0. The molecule has 0 fully saturated rings. The van der Waals surface area contributed by atoms with Crippen LogP contribution in [0.25, 0.3) is 107 Å². The molecule has 0 saturated heterocycles. The van der Waals surface area contributed by atoms with Gasteiger partial charge >= 0.3 is 0 Å². The molecule has 0 aliphatic carbocycles. The van der Waals surface area contributed by atoms with Crippen LogP contribution in [0.5, 0.6) is 0 Å². The molecule has 0 aliphatic heterocycles. The van der Waals surface area contributed by atoms with E-state index >= 15 is 0 Å². The molecule has 4 heteroatoms. The summed E-state index contributed by atoms with van der Waals surface area (Å²) in [5.74, 6) is 2.55. The molecule has 2 aromatic heterocycles. The number of nitrogens with zero attached hydrogens (tertiary/aromatic N) is 3. The van der Waals surface area contributed by atoms with Gasteiger partial charge in [-0.15, -0.1) is 0 Å². The summed E-state index contributed by atoms with van der Waals surface area (Å²) in [7, 11) is 0. The smallest absolute Gasteiger partial charge is 0.164 e. The summed E-state index contributed by atoms with van der Waals surface area (Å²) in [5, 5.41) is 1.01. The Labute approximate surface area is 361 Å². The first-order chi connectivity index (χ1) is 30.7. The molecule has 0 aliphatic rings. The van der Waals surface area contributed by atoms with Gasteiger partial charge in [0.25, 0.3) is 0 Å². The average molecular weight is 796 g/mol. The number of allylic oxidation sites excluding steroid dienone is 3. The number of fused-ring (bicyclic) bond motifs is 1. The summed E-state index contributed by atoms with van der Waals surface area (Å²) in [6.45, 7) is 1.99. The van der Waals surface area contributed by atoms with Crippen molar-refractivity contribution in [3.8, 4) is 89.8 Å². The van der Waals surface area contributed by atoms with Crippen LogP contribution in [-0.4, -0.2) is 15.0 Å². The summed E-state index contributed by atoms with van der Waals surface area (Å²) >= 11 is 0. The molecule has 2 heterocycles. The predicted molar refractivity (Wildman–Crippen MR) is 257 cm³/mol. The fourth-order valence-electron chi connectivity index (χ4n) is 8.14. The van der Waals surface area contributed by atoms with Gasteiger partial charge in [0.05, 0.1) is 0 Å². The lowest BCUT2D eigenvalue weighted by Gasteiger charge is -2.24. The maximum atomic E-state index is 6.22. The fourth-order valence-corrected chi connectivity index (χ4v) is 8.14. The highest BCUT2D eigenvalue weighted by atomic mass is 16.3. The van der Waals surface area contributed by atoms with Crippen LogP contribution in [0.15, 0.2) is 229 Å². The maximum Gasteiger partial charge on any atom is 0.164 e. The molecule has 294 valence electrons. The van der Waals surface area contributed by atoms with E-state index < -0.39 is 0 Å². The molecule has 10 aromatic rings. The Morgan fingerprint density at radius 2 is 0.758 bits per heavy atom. The normalized spacial score (nSPS) is 11.5. The number of benzene rings is 8. The van der Waals surface area contributed by atoms with E-state index in [2.05, 4.69) is 158 Å². The first-order valence-electron chi connectivity index (χ1n) is 20.9. The molecule has 0 spiro atoms. The van der Waals surface area contributed by atoms with Gasteiger partial charge in [-0.2, -0.15) is 0 Å². The van der Waals surface area contributed by atoms with E-state index in [0.29, 0.717) is 17.5 Å². The molecule has 0 atom stereocenters. The Morgan fingerprint density at radius 1 is 0.355 bits per heavy atom.